The lowest BCUT2D eigenvalue weighted by molar-refractivity contribution is -0.0536. The molecule has 330 valence electrons. The lowest BCUT2D eigenvalue weighted by atomic mass is 10.1. The van der Waals surface area contributed by atoms with E-state index in [9.17, 15) is 14.4 Å². The second-order valence-corrected chi connectivity index (χ2v) is 22.0. The largest absolute Gasteiger partial charge is 0.481 e. The van der Waals surface area contributed by atoms with Gasteiger partial charge < -0.3 is 42.3 Å². The normalized spacial score (nSPS) is 17.5. The number of ether oxygens (including phenoxy) is 3. The molecule has 2 heterocycles. The van der Waals surface area contributed by atoms with Gasteiger partial charge in [0.15, 0.2) is 0 Å². The molecule has 1 amide bonds. The first-order valence-corrected chi connectivity index (χ1v) is 23.5. The predicted molar refractivity (Wildman–Crippen MR) is 235 cm³/mol. The number of terminal acetylenes is 2. The monoisotopic (exact) mass is 869 g/mol. The van der Waals surface area contributed by atoms with Crippen molar-refractivity contribution in [3.8, 4) is 36.2 Å². The molecule has 1 aliphatic heterocycles. The Morgan fingerprint density at radius 3 is 2.20 bits per heavy atom. The highest BCUT2D eigenvalue weighted by Gasteiger charge is 2.50. The summed E-state index contributed by atoms with van der Waals surface area (Å²) in [7, 11) is -4.77. The number of hydrogen-bond donors (Lipinski definition) is 2. The molecule has 0 radical (unpaired) electrons. The van der Waals surface area contributed by atoms with Crippen LogP contribution in [0.15, 0.2) is 34.0 Å². The van der Waals surface area contributed by atoms with Crippen molar-refractivity contribution in [2.75, 3.05) is 39.5 Å². The fraction of sp³-hybridized carbons (Fsp3) is 0.628. The Hall–Kier alpha value is -4.01. The van der Waals surface area contributed by atoms with Gasteiger partial charge in [-0.1, -0.05) is 39.5 Å². The van der Waals surface area contributed by atoms with Gasteiger partial charge in [0.1, 0.15) is 43.7 Å². The first-order chi connectivity index (χ1) is 28.3. The minimum absolute atomic E-state index is 0.00830. The van der Waals surface area contributed by atoms with Crippen LogP contribution in [0.2, 0.25) is 11.1 Å². The van der Waals surface area contributed by atoms with Gasteiger partial charge >= 0.3 is 14.3 Å². The summed E-state index contributed by atoms with van der Waals surface area (Å²) in [6.45, 7) is 30.3. The topological polar surface area (TPSA) is 156 Å². The van der Waals surface area contributed by atoms with Crippen LogP contribution < -0.4 is 26.0 Å². The number of H-pyrrole nitrogens is 1. The van der Waals surface area contributed by atoms with Crippen LogP contribution in [0.1, 0.15) is 104 Å². The maximum atomic E-state index is 13.4. The second-order valence-electron chi connectivity index (χ2n) is 16.4. The molecule has 60 heavy (non-hydrogen) atoms. The lowest BCUT2D eigenvalue weighted by Crippen LogP contribution is -2.55. The van der Waals surface area contributed by atoms with E-state index < -0.39 is 52.4 Å². The van der Waals surface area contributed by atoms with Crippen LogP contribution in [0.3, 0.4) is 0 Å². The van der Waals surface area contributed by atoms with Crippen molar-refractivity contribution in [3.05, 3.63) is 67.8 Å². The SMILES string of the molecule is [C-]#[N+]CCOP(O[C@@H]1C[C@H](n2cc(C)c(=O)[nH]c2=O)O[C@@H]1CO[Si](OC(C)(C)CCNC(=O)c1cc(OCC#C)cc(OCC#C)c1)(C(C)C)C(C)C)N(C(C)C)C(C)C. The van der Waals surface area contributed by atoms with Crippen molar-refractivity contribution in [2.24, 2.45) is 0 Å². The number of carbonyl (C=O) groups is 1. The third-order valence-electron chi connectivity index (χ3n) is 9.83. The fourth-order valence-corrected chi connectivity index (χ4v) is 12.7. The predicted octanol–water partition coefficient (Wildman–Crippen LogP) is 6.72. The maximum absolute atomic E-state index is 13.4. The van der Waals surface area contributed by atoms with E-state index in [0.717, 1.165) is 0 Å². The number of hydrogen-bond acceptors (Lipinski definition) is 11. The van der Waals surface area contributed by atoms with E-state index in [2.05, 4.69) is 87.0 Å². The zero-order valence-corrected chi connectivity index (χ0v) is 38.9. The van der Waals surface area contributed by atoms with Crippen LogP contribution in [-0.2, 0) is 22.6 Å². The molecule has 17 heteroatoms. The summed E-state index contributed by atoms with van der Waals surface area (Å²) in [4.78, 5) is 44.6. The highest BCUT2D eigenvalue weighted by atomic mass is 31.2. The number of carbonyl (C=O) groups excluding carboxylic acids is 1. The summed E-state index contributed by atoms with van der Waals surface area (Å²) in [6, 6.07) is 4.93. The highest BCUT2D eigenvalue weighted by molar-refractivity contribution is 7.44. The van der Waals surface area contributed by atoms with Gasteiger partial charge in [-0.05, 0) is 78.1 Å². The number of aryl methyl sites for hydroxylation is 1. The molecule has 1 unspecified atom stereocenters. The summed E-state index contributed by atoms with van der Waals surface area (Å²) in [5.41, 5.74) is -1.12. The van der Waals surface area contributed by atoms with E-state index >= 15 is 0 Å². The zero-order chi connectivity index (χ0) is 44.8. The van der Waals surface area contributed by atoms with Crippen molar-refractivity contribution >= 4 is 23.0 Å². The number of amides is 1. The number of nitrogens with one attached hydrogen (secondary N) is 2. The molecule has 4 atom stereocenters. The van der Waals surface area contributed by atoms with Crippen molar-refractivity contribution in [3.63, 3.8) is 0 Å². The third-order valence-corrected chi connectivity index (χ3v) is 16.7. The minimum atomic E-state index is -3.12. The Morgan fingerprint density at radius 2 is 1.67 bits per heavy atom. The standard InChI is InChI=1S/C43H64N5O10PSi/c1-15-20-52-35-23-34(24-36(25-35)53-21-16-2)41(50)45-18-17-43(12,13)58-60(31(7)8,32(9)10)55-28-38-37(26-39(56-38)47-27-33(11)40(49)46-42(47)51)57-59(54-22-19-44-14)48(29(3)4)30(5)6/h1-2,23-25,27,29-32,37-39H,17-22,26,28H2,3-13H3,(H,45,50)(H,46,49,51)/t37-,38-,39-,59?/m1/s1. The second kappa shape index (κ2) is 23.3. The average Bonchev–Trinajstić information content (AvgIpc) is 3.57. The Bertz CT molecular complexity index is 1910. The van der Waals surface area contributed by atoms with Gasteiger partial charge in [0.25, 0.3) is 20.0 Å². The van der Waals surface area contributed by atoms with Gasteiger partial charge in [0, 0.05) is 48.4 Å². The number of rotatable bonds is 24. The summed E-state index contributed by atoms with van der Waals surface area (Å²) in [5.74, 6) is 5.25. The van der Waals surface area contributed by atoms with E-state index in [1.54, 1.807) is 25.1 Å². The molecule has 2 N–H and O–H groups in total. The van der Waals surface area contributed by atoms with E-state index in [1.165, 1.54) is 10.8 Å². The van der Waals surface area contributed by atoms with Crippen LogP contribution in [0.5, 0.6) is 11.5 Å². The van der Waals surface area contributed by atoms with Gasteiger partial charge in [0.2, 0.25) is 6.54 Å². The van der Waals surface area contributed by atoms with E-state index in [0.29, 0.717) is 35.6 Å². The van der Waals surface area contributed by atoms with Crippen LogP contribution in [-0.4, -0.2) is 98.1 Å². The maximum Gasteiger partial charge on any atom is 0.343 e. The summed E-state index contributed by atoms with van der Waals surface area (Å²) in [6.07, 6.45) is 10.9. The number of aromatic amines is 1. The van der Waals surface area contributed by atoms with Gasteiger partial charge in [-0.15, -0.1) is 12.8 Å². The van der Waals surface area contributed by atoms with Gasteiger partial charge in [0.05, 0.1) is 18.3 Å². The summed E-state index contributed by atoms with van der Waals surface area (Å²) >= 11 is 0. The molecule has 1 aromatic heterocycles. The Labute approximate surface area is 358 Å². The van der Waals surface area contributed by atoms with Crippen LogP contribution in [0.25, 0.3) is 4.85 Å². The molecule has 3 rings (SSSR count). The number of nitrogens with zero attached hydrogens (tertiary/aromatic N) is 3. The van der Waals surface area contributed by atoms with Crippen LogP contribution in [0.4, 0.5) is 0 Å². The van der Waals surface area contributed by atoms with E-state index in [1.807, 2.05) is 13.8 Å². The summed E-state index contributed by atoms with van der Waals surface area (Å²) < 4.78 is 48.5. The Balaban J connectivity index is 1.88. The molecule has 1 aromatic carbocycles. The molecule has 0 bridgehead atoms. The first-order valence-electron chi connectivity index (χ1n) is 20.4. The first kappa shape index (κ1) is 50.3. The smallest absolute Gasteiger partial charge is 0.343 e. The third kappa shape index (κ3) is 14.0. The number of aromatic nitrogens is 2. The summed E-state index contributed by atoms with van der Waals surface area (Å²) in [5, 5.41) is 2.99. The molecule has 0 spiro atoms. The zero-order valence-electron chi connectivity index (χ0n) is 37.0. The van der Waals surface area contributed by atoms with Crippen LogP contribution in [0, 0.1) is 38.2 Å². The molecular formula is C43H64N5O10PSi. The number of benzene rings is 1. The quantitative estimate of drug-likeness (QED) is 0.0380. The van der Waals surface area contributed by atoms with Crippen molar-refractivity contribution < 1.29 is 36.9 Å². The molecule has 1 fully saturated rings. The Morgan fingerprint density at radius 1 is 1.07 bits per heavy atom. The molecule has 0 saturated carbocycles. The Kier molecular flexibility index (Phi) is 19.5. The highest BCUT2D eigenvalue weighted by Crippen LogP contribution is 2.50. The molecular weight excluding hydrogens is 806 g/mol. The molecule has 1 aliphatic rings. The van der Waals surface area contributed by atoms with Gasteiger partial charge in [-0.25, -0.2) is 16.0 Å². The van der Waals surface area contributed by atoms with E-state index in [-0.39, 0.29) is 68.5 Å². The molecule has 15 nitrogen and oxygen atoms in total. The van der Waals surface area contributed by atoms with Crippen molar-refractivity contribution in [1.29, 1.82) is 0 Å². The minimum Gasteiger partial charge on any atom is -0.481 e. The molecule has 0 aliphatic carbocycles. The van der Waals surface area contributed by atoms with E-state index in [4.69, 9.17) is 51.5 Å². The van der Waals surface area contributed by atoms with Crippen molar-refractivity contribution in [2.45, 2.75) is 136 Å². The molecule has 1 saturated heterocycles. The average molecular weight is 870 g/mol. The fourth-order valence-electron chi connectivity index (χ4n) is 7.00. The molecule has 2 aromatic rings. The van der Waals surface area contributed by atoms with Crippen molar-refractivity contribution in [1.82, 2.24) is 19.5 Å². The van der Waals surface area contributed by atoms with Crippen LogP contribution >= 0.6 is 8.53 Å². The van der Waals surface area contributed by atoms with Gasteiger partial charge in [-0.2, -0.15) is 0 Å². The van der Waals surface area contributed by atoms with Gasteiger partial charge in [-0.3, -0.25) is 19.1 Å². The lowest BCUT2D eigenvalue weighted by Gasteiger charge is -2.44.